The first-order valence-electron chi connectivity index (χ1n) is 6.45. The van der Waals surface area contributed by atoms with Crippen molar-refractivity contribution in [1.82, 2.24) is 5.32 Å². The van der Waals surface area contributed by atoms with Crippen LogP contribution < -0.4 is 5.32 Å². The average Bonchev–Trinajstić information content (AvgIpc) is 2.91. The molecule has 2 aromatic rings. The molecular weight excluding hydrogens is 374 g/mol. The first kappa shape index (κ1) is 16.6. The van der Waals surface area contributed by atoms with Crippen LogP contribution in [0.1, 0.15) is 29.1 Å². The predicted molar refractivity (Wildman–Crippen MR) is 84.7 cm³/mol. The van der Waals surface area contributed by atoms with Gasteiger partial charge in [0.1, 0.15) is 12.6 Å². The zero-order valence-corrected chi connectivity index (χ0v) is 14.0. The number of hydrogen-bond donors (Lipinski definition) is 1. The molecule has 1 atom stereocenters. The molecule has 0 aliphatic rings. The van der Waals surface area contributed by atoms with Crippen LogP contribution in [0.15, 0.2) is 45.5 Å². The number of ether oxygens (including phenoxy) is 1. The highest BCUT2D eigenvalue weighted by atomic mass is 79.9. The van der Waals surface area contributed by atoms with Crippen molar-refractivity contribution in [1.29, 1.82) is 0 Å². The Morgan fingerprint density at radius 3 is 2.68 bits per heavy atom. The average molecular weight is 387 g/mol. The summed E-state index contributed by atoms with van der Waals surface area (Å²) in [5.41, 5.74) is 0.707. The van der Waals surface area contributed by atoms with E-state index in [0.717, 1.165) is 0 Å². The molecule has 0 aliphatic heterocycles. The Morgan fingerprint density at radius 1 is 1.32 bits per heavy atom. The van der Waals surface area contributed by atoms with E-state index >= 15 is 0 Å². The molecule has 7 heteroatoms. The molecule has 1 N–H and O–H groups in total. The minimum Gasteiger partial charge on any atom is -0.456 e. The van der Waals surface area contributed by atoms with E-state index in [2.05, 4.69) is 21.2 Å². The highest BCUT2D eigenvalue weighted by Crippen LogP contribution is 2.24. The second-order valence-electron chi connectivity index (χ2n) is 4.44. The van der Waals surface area contributed by atoms with Crippen LogP contribution in [0.5, 0.6) is 0 Å². The Labute approximate surface area is 140 Å². The van der Waals surface area contributed by atoms with Crippen molar-refractivity contribution in [3.8, 4) is 0 Å². The van der Waals surface area contributed by atoms with E-state index in [0.29, 0.717) is 15.3 Å². The molecule has 22 heavy (non-hydrogen) atoms. The lowest BCUT2D eigenvalue weighted by molar-refractivity contribution is -0.147. The number of benzene rings is 1. The van der Waals surface area contributed by atoms with Gasteiger partial charge in [-0.3, -0.25) is 9.59 Å². The molecule has 0 radical (unpaired) electrons. The summed E-state index contributed by atoms with van der Waals surface area (Å²) in [6, 6.07) is 10.2. The highest BCUT2D eigenvalue weighted by Gasteiger charge is 2.16. The molecule has 0 bridgehead atoms. The van der Waals surface area contributed by atoms with Crippen molar-refractivity contribution in [2.75, 3.05) is 6.54 Å². The third-order valence-corrected chi connectivity index (χ3v) is 3.61. The van der Waals surface area contributed by atoms with Crippen LogP contribution in [0.25, 0.3) is 0 Å². The van der Waals surface area contributed by atoms with Gasteiger partial charge < -0.3 is 14.5 Å². The van der Waals surface area contributed by atoms with Gasteiger partial charge in [0.05, 0.1) is 0 Å². The summed E-state index contributed by atoms with van der Waals surface area (Å²) in [5.74, 6) is -0.946. The molecule has 1 aromatic carbocycles. The van der Waals surface area contributed by atoms with Gasteiger partial charge in [0.25, 0.3) is 5.91 Å². The minimum atomic E-state index is -0.564. The molecule has 1 heterocycles. The van der Waals surface area contributed by atoms with Crippen LogP contribution in [-0.4, -0.2) is 18.4 Å². The smallest absolute Gasteiger partial charge is 0.326 e. The summed E-state index contributed by atoms with van der Waals surface area (Å²) in [5, 5.41) is 2.94. The summed E-state index contributed by atoms with van der Waals surface area (Å²) in [7, 11) is 0. The lowest BCUT2D eigenvalue weighted by Crippen LogP contribution is -2.30. The molecule has 0 spiro atoms. The molecular formula is C15H13BrClNO4. The van der Waals surface area contributed by atoms with Crippen LogP contribution in [0.2, 0.25) is 5.02 Å². The molecule has 0 saturated heterocycles. The number of carbonyl (C=O) groups excluding carboxylic acids is 2. The fourth-order valence-corrected chi connectivity index (χ4v) is 2.38. The van der Waals surface area contributed by atoms with Crippen LogP contribution in [-0.2, 0) is 9.53 Å². The Balaban J connectivity index is 1.85. The largest absolute Gasteiger partial charge is 0.456 e. The number of nitrogens with one attached hydrogen (secondary N) is 1. The predicted octanol–water partition coefficient (Wildman–Crippen LogP) is 3.73. The third kappa shape index (κ3) is 4.35. The highest BCUT2D eigenvalue weighted by molar-refractivity contribution is 9.10. The molecule has 0 saturated carbocycles. The quantitative estimate of drug-likeness (QED) is 0.795. The molecule has 0 unspecified atom stereocenters. The second-order valence-corrected chi connectivity index (χ2v) is 5.63. The fraction of sp³-hybridized carbons (Fsp3) is 0.200. The van der Waals surface area contributed by atoms with Gasteiger partial charge in [-0.25, -0.2) is 0 Å². The van der Waals surface area contributed by atoms with Gasteiger partial charge in [-0.05, 0) is 41.1 Å². The minimum absolute atomic E-state index is 0.110. The Morgan fingerprint density at radius 2 is 2.05 bits per heavy atom. The van der Waals surface area contributed by atoms with Crippen LogP contribution >= 0.6 is 27.5 Å². The van der Waals surface area contributed by atoms with Gasteiger partial charge in [-0.2, -0.15) is 0 Å². The topological polar surface area (TPSA) is 68.5 Å². The summed E-state index contributed by atoms with van der Waals surface area (Å²) < 4.78 is 10.7. The summed E-state index contributed by atoms with van der Waals surface area (Å²) in [6.07, 6.45) is -0.504. The van der Waals surface area contributed by atoms with Crippen molar-refractivity contribution in [3.63, 3.8) is 0 Å². The van der Waals surface area contributed by atoms with Gasteiger partial charge in [-0.1, -0.05) is 29.8 Å². The molecule has 1 aromatic heterocycles. The maximum absolute atomic E-state index is 11.8. The number of rotatable bonds is 5. The lowest BCUT2D eigenvalue weighted by atomic mass is 10.1. The van der Waals surface area contributed by atoms with Gasteiger partial charge >= 0.3 is 5.97 Å². The van der Waals surface area contributed by atoms with Gasteiger partial charge in [0.15, 0.2) is 10.4 Å². The Hall–Kier alpha value is -1.79. The maximum atomic E-state index is 11.8. The molecule has 5 nitrogen and oxygen atoms in total. The summed E-state index contributed by atoms with van der Waals surface area (Å²) in [4.78, 5) is 23.5. The van der Waals surface area contributed by atoms with E-state index in [1.165, 1.54) is 6.07 Å². The van der Waals surface area contributed by atoms with Crippen molar-refractivity contribution >= 4 is 39.4 Å². The van der Waals surface area contributed by atoms with Crippen molar-refractivity contribution in [2.45, 2.75) is 13.0 Å². The molecule has 1 amide bonds. The third-order valence-electron chi connectivity index (χ3n) is 2.84. The van der Waals surface area contributed by atoms with E-state index in [9.17, 15) is 9.59 Å². The number of carbonyl (C=O) groups is 2. The molecule has 0 fully saturated rings. The number of halogens is 2. The van der Waals surface area contributed by atoms with Gasteiger partial charge in [0, 0.05) is 10.6 Å². The zero-order chi connectivity index (χ0) is 16.1. The van der Waals surface area contributed by atoms with Crippen LogP contribution in [0.4, 0.5) is 0 Å². The second kappa shape index (κ2) is 7.47. The molecule has 2 rings (SSSR count). The van der Waals surface area contributed by atoms with E-state index in [4.69, 9.17) is 20.8 Å². The normalized spacial score (nSPS) is 11.8. The summed E-state index contributed by atoms with van der Waals surface area (Å²) in [6.45, 7) is 1.45. The van der Waals surface area contributed by atoms with Crippen LogP contribution in [0, 0.1) is 0 Å². The summed E-state index contributed by atoms with van der Waals surface area (Å²) >= 11 is 9.13. The number of esters is 1. The van der Waals surface area contributed by atoms with Gasteiger partial charge in [0.2, 0.25) is 0 Å². The van der Waals surface area contributed by atoms with Crippen molar-refractivity contribution in [2.24, 2.45) is 0 Å². The molecule has 0 aliphatic carbocycles. The molecule has 116 valence electrons. The first-order chi connectivity index (χ1) is 10.5. The van der Waals surface area contributed by atoms with E-state index in [1.807, 2.05) is 6.07 Å². The van der Waals surface area contributed by atoms with E-state index in [1.54, 1.807) is 31.2 Å². The lowest BCUT2D eigenvalue weighted by Gasteiger charge is -2.15. The van der Waals surface area contributed by atoms with E-state index in [-0.39, 0.29) is 12.3 Å². The number of amides is 1. The van der Waals surface area contributed by atoms with Gasteiger partial charge in [-0.15, -0.1) is 0 Å². The number of furan rings is 1. The SMILES string of the molecule is C[C@H](OC(=O)CNC(=O)c1ccc(Br)o1)c1ccccc1Cl. The Bertz CT molecular complexity index is 686. The van der Waals surface area contributed by atoms with Crippen LogP contribution in [0.3, 0.4) is 0 Å². The van der Waals surface area contributed by atoms with E-state index < -0.39 is 18.0 Å². The maximum Gasteiger partial charge on any atom is 0.326 e. The standard InChI is InChI=1S/C15H13BrClNO4/c1-9(10-4-2-3-5-11(10)17)21-14(19)8-18-15(20)12-6-7-13(16)22-12/h2-7,9H,8H2,1H3,(H,18,20)/t9-/m0/s1. The number of hydrogen-bond acceptors (Lipinski definition) is 4. The van der Waals surface area contributed by atoms with Crippen molar-refractivity contribution in [3.05, 3.63) is 57.4 Å². The van der Waals surface area contributed by atoms with Crippen molar-refractivity contribution < 1.29 is 18.7 Å². The Kier molecular flexibility index (Phi) is 5.63. The fourth-order valence-electron chi connectivity index (χ4n) is 1.78. The zero-order valence-electron chi connectivity index (χ0n) is 11.6. The monoisotopic (exact) mass is 385 g/mol. The first-order valence-corrected chi connectivity index (χ1v) is 7.62.